The molecule has 1 rings (SSSR count). The summed E-state index contributed by atoms with van der Waals surface area (Å²) in [6.45, 7) is 0. The van der Waals surface area contributed by atoms with Crippen LogP contribution in [-0.4, -0.2) is 24.9 Å². The number of aldehydes is 1. The summed E-state index contributed by atoms with van der Waals surface area (Å²) in [6, 6.07) is 6.67. The summed E-state index contributed by atoms with van der Waals surface area (Å²) in [5.74, 6) is 0. The smallest absolute Gasteiger partial charge is 0.235 e. The van der Waals surface area contributed by atoms with Gasteiger partial charge in [-0.25, -0.2) is 0 Å². The summed E-state index contributed by atoms with van der Waals surface area (Å²) < 4.78 is 4.59. The van der Waals surface area contributed by atoms with E-state index in [0.717, 1.165) is 6.29 Å². The highest BCUT2D eigenvalue weighted by atomic mass is 16.6. The van der Waals surface area contributed by atoms with Gasteiger partial charge in [0.05, 0.1) is 0 Å². The van der Waals surface area contributed by atoms with Gasteiger partial charge in [0.25, 0.3) is 0 Å². The second-order valence-electron chi connectivity index (χ2n) is 2.47. The van der Waals surface area contributed by atoms with Crippen LogP contribution in [0.5, 0.6) is 0 Å². The number of aliphatic hydroxyl groups is 1. The largest absolute Gasteiger partial charge is 0.351 e. The lowest BCUT2D eigenvalue weighted by molar-refractivity contribution is -0.0509. The lowest BCUT2D eigenvalue weighted by Gasteiger charge is -2.11. The van der Waals surface area contributed by atoms with Gasteiger partial charge in [-0.3, -0.25) is 4.79 Å². The Balaban J connectivity index is 2.63. The van der Waals surface area contributed by atoms with Crippen LogP contribution in [0.4, 0.5) is 5.69 Å². The first kappa shape index (κ1) is 9.70. The van der Waals surface area contributed by atoms with Crippen LogP contribution >= 0.6 is 0 Å². The van der Waals surface area contributed by atoms with Crippen LogP contribution in [0.2, 0.25) is 0 Å². The highest BCUT2D eigenvalue weighted by molar-refractivity contribution is 5.75. The number of carbonyl (C=O) groups is 1. The Hall–Kier alpha value is -1.39. The molecule has 0 aliphatic heterocycles. The third-order valence-electron chi connectivity index (χ3n) is 1.56. The van der Waals surface area contributed by atoms with E-state index in [1.54, 1.807) is 24.3 Å². The number of aliphatic hydroxyl groups excluding tert-OH is 1. The Labute approximate surface area is 76.1 Å². The molecule has 0 radical (unpaired) electrons. The first-order valence-corrected chi connectivity index (χ1v) is 3.79. The lowest BCUT2D eigenvalue weighted by Crippen LogP contribution is -2.20. The molecule has 70 valence electrons. The molecular weight excluding hydrogens is 170 g/mol. The van der Waals surface area contributed by atoms with Crippen molar-refractivity contribution in [3.05, 3.63) is 29.8 Å². The monoisotopic (exact) mass is 181 g/mol. The summed E-state index contributed by atoms with van der Waals surface area (Å²) in [4.78, 5) is 10.3. The molecule has 1 unspecified atom stereocenters. The van der Waals surface area contributed by atoms with Crippen LogP contribution in [0.25, 0.3) is 0 Å². The number of hydrogen-bond acceptors (Lipinski definition) is 4. The third kappa shape index (κ3) is 2.85. The number of benzene rings is 1. The van der Waals surface area contributed by atoms with E-state index in [4.69, 9.17) is 5.11 Å². The van der Waals surface area contributed by atoms with Gasteiger partial charge in [0.2, 0.25) is 6.41 Å². The van der Waals surface area contributed by atoms with Crippen molar-refractivity contribution in [2.45, 2.75) is 6.41 Å². The topological polar surface area (TPSA) is 58.6 Å². The Bertz CT molecular complexity index is 271. The minimum atomic E-state index is -1.03. The van der Waals surface area contributed by atoms with E-state index in [1.807, 2.05) is 0 Å². The number of methoxy groups -OCH3 is 1. The van der Waals surface area contributed by atoms with E-state index in [0.29, 0.717) is 11.3 Å². The zero-order valence-electron chi connectivity index (χ0n) is 7.23. The molecule has 4 nitrogen and oxygen atoms in total. The molecule has 0 bridgehead atoms. The maximum atomic E-state index is 10.3. The Morgan fingerprint density at radius 2 is 2.08 bits per heavy atom. The van der Waals surface area contributed by atoms with E-state index in [1.165, 1.54) is 7.11 Å². The highest BCUT2D eigenvalue weighted by Crippen LogP contribution is 2.08. The van der Waals surface area contributed by atoms with Crippen molar-refractivity contribution in [3.8, 4) is 0 Å². The van der Waals surface area contributed by atoms with Crippen molar-refractivity contribution in [1.82, 2.24) is 0 Å². The van der Waals surface area contributed by atoms with Gasteiger partial charge >= 0.3 is 0 Å². The molecule has 0 saturated heterocycles. The van der Waals surface area contributed by atoms with Crippen molar-refractivity contribution >= 4 is 12.0 Å². The molecule has 0 aliphatic carbocycles. The van der Waals surface area contributed by atoms with Crippen LogP contribution < -0.4 is 5.32 Å². The van der Waals surface area contributed by atoms with Gasteiger partial charge in [0.15, 0.2) is 0 Å². The van der Waals surface area contributed by atoms with Crippen LogP contribution in [0, 0.1) is 0 Å². The standard InChI is InChI=1S/C9H11NO3/c1-13-9(12)10-8-4-2-7(6-11)3-5-8/h2-6,9-10,12H,1H3. The molecule has 0 aliphatic rings. The van der Waals surface area contributed by atoms with Crippen LogP contribution in [-0.2, 0) is 4.74 Å². The number of nitrogens with one attached hydrogen (secondary N) is 1. The van der Waals surface area contributed by atoms with Gasteiger partial charge in [-0.05, 0) is 24.3 Å². The SMILES string of the molecule is COC(O)Nc1ccc(C=O)cc1. The van der Waals surface area contributed by atoms with Crippen molar-refractivity contribution < 1.29 is 14.6 Å². The molecule has 13 heavy (non-hydrogen) atoms. The molecule has 0 spiro atoms. The van der Waals surface area contributed by atoms with Gasteiger partial charge in [0.1, 0.15) is 6.29 Å². The number of ether oxygens (including phenoxy) is 1. The van der Waals surface area contributed by atoms with Crippen LogP contribution in [0.3, 0.4) is 0 Å². The number of anilines is 1. The summed E-state index contributed by atoms with van der Waals surface area (Å²) in [6.07, 6.45) is -0.265. The predicted molar refractivity (Wildman–Crippen MR) is 48.5 cm³/mol. The molecule has 0 saturated carbocycles. The van der Waals surface area contributed by atoms with E-state index in [9.17, 15) is 4.79 Å². The van der Waals surface area contributed by atoms with Crippen molar-refractivity contribution in [3.63, 3.8) is 0 Å². The highest BCUT2D eigenvalue weighted by Gasteiger charge is 1.99. The predicted octanol–water partition coefficient (Wildman–Crippen LogP) is 0.833. The van der Waals surface area contributed by atoms with E-state index in [2.05, 4.69) is 10.1 Å². The molecule has 1 atom stereocenters. The first-order valence-electron chi connectivity index (χ1n) is 3.79. The van der Waals surface area contributed by atoms with Gasteiger partial charge < -0.3 is 15.2 Å². The van der Waals surface area contributed by atoms with Crippen molar-refractivity contribution in [2.75, 3.05) is 12.4 Å². The Kier molecular flexibility index (Phi) is 3.42. The number of carbonyl (C=O) groups excluding carboxylic acids is 1. The summed E-state index contributed by atoms with van der Waals surface area (Å²) >= 11 is 0. The minimum Gasteiger partial charge on any atom is -0.351 e. The molecule has 1 aromatic rings. The quantitative estimate of drug-likeness (QED) is 0.533. The third-order valence-corrected chi connectivity index (χ3v) is 1.56. The Morgan fingerprint density at radius 1 is 1.46 bits per heavy atom. The van der Waals surface area contributed by atoms with E-state index >= 15 is 0 Å². The lowest BCUT2D eigenvalue weighted by atomic mass is 10.2. The van der Waals surface area contributed by atoms with Gasteiger partial charge in [-0.1, -0.05) is 0 Å². The second-order valence-corrected chi connectivity index (χ2v) is 2.47. The summed E-state index contributed by atoms with van der Waals surface area (Å²) in [5, 5.41) is 11.7. The zero-order chi connectivity index (χ0) is 9.68. The maximum Gasteiger partial charge on any atom is 0.235 e. The van der Waals surface area contributed by atoms with Gasteiger partial charge in [-0.2, -0.15) is 0 Å². The average Bonchev–Trinajstić information content (AvgIpc) is 2.19. The van der Waals surface area contributed by atoms with Gasteiger partial charge in [-0.15, -0.1) is 0 Å². The number of hydrogen-bond donors (Lipinski definition) is 2. The fraction of sp³-hybridized carbons (Fsp3) is 0.222. The average molecular weight is 181 g/mol. The maximum absolute atomic E-state index is 10.3. The molecule has 0 amide bonds. The van der Waals surface area contributed by atoms with Crippen molar-refractivity contribution in [2.24, 2.45) is 0 Å². The molecule has 0 aromatic heterocycles. The molecule has 2 N–H and O–H groups in total. The molecule has 4 heteroatoms. The number of rotatable bonds is 4. The zero-order valence-corrected chi connectivity index (χ0v) is 7.23. The minimum absolute atomic E-state index is 0.595. The second kappa shape index (κ2) is 4.59. The molecule has 1 aromatic carbocycles. The van der Waals surface area contributed by atoms with Crippen LogP contribution in [0.15, 0.2) is 24.3 Å². The fourth-order valence-corrected chi connectivity index (χ4v) is 0.859. The first-order chi connectivity index (χ1) is 6.26. The normalized spacial score (nSPS) is 12.2. The van der Waals surface area contributed by atoms with Crippen molar-refractivity contribution in [1.29, 1.82) is 0 Å². The molecule has 0 heterocycles. The van der Waals surface area contributed by atoms with Gasteiger partial charge in [0, 0.05) is 18.4 Å². The summed E-state index contributed by atoms with van der Waals surface area (Å²) in [5.41, 5.74) is 1.29. The Morgan fingerprint density at radius 3 is 2.54 bits per heavy atom. The van der Waals surface area contributed by atoms with E-state index in [-0.39, 0.29) is 0 Å². The fourth-order valence-electron chi connectivity index (χ4n) is 0.859. The summed E-state index contributed by atoms with van der Waals surface area (Å²) in [7, 11) is 1.39. The molecular formula is C9H11NO3. The van der Waals surface area contributed by atoms with Crippen LogP contribution in [0.1, 0.15) is 10.4 Å². The van der Waals surface area contributed by atoms with E-state index < -0.39 is 6.41 Å². The molecule has 0 fully saturated rings.